The van der Waals surface area contributed by atoms with Gasteiger partial charge in [0, 0.05) is 48.8 Å². The number of aromatic nitrogens is 5. The Labute approximate surface area is 157 Å². The van der Waals surface area contributed by atoms with Crippen molar-refractivity contribution in [2.45, 2.75) is 18.9 Å². The SMILES string of the molecule is c1cncc(-c2nc(N3CCCC(n4cccn4)C3)c3ccccc3n2)c1. The summed E-state index contributed by atoms with van der Waals surface area (Å²) >= 11 is 0. The summed E-state index contributed by atoms with van der Waals surface area (Å²) in [6.07, 6.45) is 9.73. The van der Waals surface area contributed by atoms with Crippen molar-refractivity contribution >= 4 is 16.7 Å². The molecule has 4 heterocycles. The van der Waals surface area contributed by atoms with Gasteiger partial charge in [0.1, 0.15) is 5.82 Å². The fourth-order valence-electron chi connectivity index (χ4n) is 3.78. The smallest absolute Gasteiger partial charge is 0.163 e. The van der Waals surface area contributed by atoms with Crippen LogP contribution in [0.1, 0.15) is 18.9 Å². The van der Waals surface area contributed by atoms with Gasteiger partial charge in [-0.3, -0.25) is 9.67 Å². The molecule has 1 saturated heterocycles. The zero-order valence-electron chi connectivity index (χ0n) is 14.9. The Morgan fingerprint density at radius 1 is 0.963 bits per heavy atom. The van der Waals surface area contributed by atoms with E-state index >= 15 is 0 Å². The second-order valence-electron chi connectivity index (χ2n) is 6.86. The van der Waals surface area contributed by atoms with Crippen LogP contribution in [0.3, 0.4) is 0 Å². The maximum absolute atomic E-state index is 4.96. The van der Waals surface area contributed by atoms with Gasteiger partial charge in [-0.05, 0) is 43.2 Å². The van der Waals surface area contributed by atoms with Crippen molar-refractivity contribution in [3.05, 3.63) is 67.3 Å². The van der Waals surface area contributed by atoms with E-state index in [1.165, 1.54) is 0 Å². The third kappa shape index (κ3) is 3.03. The molecule has 0 spiro atoms. The van der Waals surface area contributed by atoms with E-state index in [1.54, 1.807) is 6.20 Å². The van der Waals surface area contributed by atoms with Crippen molar-refractivity contribution < 1.29 is 0 Å². The van der Waals surface area contributed by atoms with Crippen LogP contribution in [-0.2, 0) is 0 Å². The number of pyridine rings is 1. The number of anilines is 1. The molecule has 1 fully saturated rings. The Morgan fingerprint density at radius 3 is 2.78 bits per heavy atom. The fraction of sp³-hybridized carbons (Fsp3) is 0.238. The van der Waals surface area contributed by atoms with E-state index in [0.29, 0.717) is 6.04 Å². The minimum absolute atomic E-state index is 0.365. The predicted octanol–water partition coefficient (Wildman–Crippen LogP) is 3.73. The quantitative estimate of drug-likeness (QED) is 0.560. The predicted molar refractivity (Wildman–Crippen MR) is 105 cm³/mol. The molecule has 0 bridgehead atoms. The van der Waals surface area contributed by atoms with Crippen molar-refractivity contribution in [1.82, 2.24) is 24.7 Å². The normalized spacial score (nSPS) is 17.3. The molecule has 0 saturated carbocycles. The summed E-state index contributed by atoms with van der Waals surface area (Å²) in [6, 6.07) is 14.5. The second kappa shape index (κ2) is 6.79. The molecule has 134 valence electrons. The lowest BCUT2D eigenvalue weighted by Crippen LogP contribution is -2.37. The molecule has 1 unspecified atom stereocenters. The molecule has 0 amide bonds. The first-order valence-electron chi connectivity index (χ1n) is 9.30. The molecule has 1 atom stereocenters. The highest BCUT2D eigenvalue weighted by molar-refractivity contribution is 5.91. The third-order valence-electron chi connectivity index (χ3n) is 5.10. The molecule has 1 aromatic carbocycles. The first kappa shape index (κ1) is 15.9. The summed E-state index contributed by atoms with van der Waals surface area (Å²) in [5, 5.41) is 5.53. The highest BCUT2D eigenvalue weighted by atomic mass is 15.3. The maximum Gasteiger partial charge on any atom is 0.163 e. The van der Waals surface area contributed by atoms with Gasteiger partial charge in [-0.25, -0.2) is 9.97 Å². The summed E-state index contributed by atoms with van der Waals surface area (Å²) in [5.41, 5.74) is 1.90. The summed E-state index contributed by atoms with van der Waals surface area (Å²) in [5.74, 6) is 1.72. The number of nitrogens with zero attached hydrogens (tertiary/aromatic N) is 6. The van der Waals surface area contributed by atoms with E-state index in [4.69, 9.17) is 9.97 Å². The Morgan fingerprint density at radius 2 is 1.93 bits per heavy atom. The van der Waals surface area contributed by atoms with Crippen LogP contribution in [0.25, 0.3) is 22.3 Å². The minimum atomic E-state index is 0.365. The summed E-state index contributed by atoms with van der Waals surface area (Å²) in [6.45, 7) is 1.89. The van der Waals surface area contributed by atoms with Crippen LogP contribution in [0.15, 0.2) is 67.3 Å². The van der Waals surface area contributed by atoms with E-state index in [0.717, 1.165) is 54.0 Å². The molecule has 6 nitrogen and oxygen atoms in total. The number of piperidine rings is 1. The van der Waals surface area contributed by atoms with Crippen molar-refractivity contribution in [2.24, 2.45) is 0 Å². The molecule has 4 aromatic rings. The van der Waals surface area contributed by atoms with E-state index in [1.807, 2.05) is 48.9 Å². The van der Waals surface area contributed by atoms with E-state index < -0.39 is 0 Å². The van der Waals surface area contributed by atoms with Gasteiger partial charge in [0.2, 0.25) is 0 Å². The number of rotatable bonds is 3. The number of fused-ring (bicyclic) bond motifs is 1. The topological polar surface area (TPSA) is 59.7 Å². The molecular weight excluding hydrogens is 336 g/mol. The summed E-state index contributed by atoms with van der Waals surface area (Å²) < 4.78 is 2.07. The van der Waals surface area contributed by atoms with E-state index in [-0.39, 0.29) is 0 Å². The lowest BCUT2D eigenvalue weighted by atomic mass is 10.1. The molecule has 0 N–H and O–H groups in total. The lowest BCUT2D eigenvalue weighted by molar-refractivity contribution is 0.375. The van der Waals surface area contributed by atoms with Crippen molar-refractivity contribution in [3.8, 4) is 11.4 Å². The molecule has 1 aliphatic heterocycles. The Hall–Kier alpha value is -3.28. The molecule has 0 aliphatic carbocycles. The molecule has 3 aromatic heterocycles. The van der Waals surface area contributed by atoms with Crippen LogP contribution in [0.2, 0.25) is 0 Å². The van der Waals surface area contributed by atoms with Crippen LogP contribution in [0.4, 0.5) is 5.82 Å². The van der Waals surface area contributed by atoms with E-state index in [9.17, 15) is 0 Å². The van der Waals surface area contributed by atoms with Crippen molar-refractivity contribution in [3.63, 3.8) is 0 Å². The van der Waals surface area contributed by atoms with Gasteiger partial charge >= 0.3 is 0 Å². The molecule has 0 radical (unpaired) electrons. The van der Waals surface area contributed by atoms with Gasteiger partial charge in [0.05, 0.1) is 11.6 Å². The van der Waals surface area contributed by atoms with Crippen molar-refractivity contribution in [1.29, 1.82) is 0 Å². The van der Waals surface area contributed by atoms with Gasteiger partial charge in [0.25, 0.3) is 0 Å². The van der Waals surface area contributed by atoms with Crippen LogP contribution >= 0.6 is 0 Å². The Bertz CT molecular complexity index is 1040. The standard InChI is InChI=1S/C21H20N6/c1-2-9-19-18(8-1)21(25-20(24-19)16-6-3-10-22-14-16)26-12-4-7-17(15-26)27-13-5-11-23-27/h1-3,5-6,8-11,13-14,17H,4,7,12,15H2. The highest BCUT2D eigenvalue weighted by Crippen LogP contribution is 2.31. The fourth-order valence-corrected chi connectivity index (χ4v) is 3.78. The molecule has 1 aliphatic rings. The molecule has 27 heavy (non-hydrogen) atoms. The van der Waals surface area contributed by atoms with Crippen LogP contribution in [-0.4, -0.2) is 37.8 Å². The van der Waals surface area contributed by atoms with Gasteiger partial charge in [-0.1, -0.05) is 12.1 Å². The number of hydrogen-bond donors (Lipinski definition) is 0. The van der Waals surface area contributed by atoms with Crippen molar-refractivity contribution in [2.75, 3.05) is 18.0 Å². The Kier molecular flexibility index (Phi) is 4.01. The summed E-state index contributed by atoms with van der Waals surface area (Å²) in [7, 11) is 0. The average Bonchev–Trinajstić information content (AvgIpc) is 3.29. The monoisotopic (exact) mass is 356 g/mol. The van der Waals surface area contributed by atoms with Crippen LogP contribution < -0.4 is 4.90 Å². The van der Waals surface area contributed by atoms with E-state index in [2.05, 4.69) is 31.8 Å². The maximum atomic E-state index is 4.96. The average molecular weight is 356 g/mol. The minimum Gasteiger partial charge on any atom is -0.354 e. The largest absolute Gasteiger partial charge is 0.354 e. The van der Waals surface area contributed by atoms with Crippen LogP contribution in [0, 0.1) is 0 Å². The third-order valence-corrected chi connectivity index (χ3v) is 5.10. The number of para-hydroxylation sites is 1. The van der Waals surface area contributed by atoms with Gasteiger partial charge in [-0.2, -0.15) is 5.10 Å². The second-order valence-corrected chi connectivity index (χ2v) is 6.86. The van der Waals surface area contributed by atoms with Gasteiger partial charge < -0.3 is 4.90 Å². The zero-order chi connectivity index (χ0) is 18.1. The lowest BCUT2D eigenvalue weighted by Gasteiger charge is -2.34. The van der Waals surface area contributed by atoms with Gasteiger partial charge in [0.15, 0.2) is 5.82 Å². The number of hydrogen-bond acceptors (Lipinski definition) is 5. The Balaban J connectivity index is 1.59. The zero-order valence-corrected chi connectivity index (χ0v) is 14.9. The van der Waals surface area contributed by atoms with Gasteiger partial charge in [-0.15, -0.1) is 0 Å². The summed E-state index contributed by atoms with van der Waals surface area (Å²) in [4.78, 5) is 16.3. The first-order valence-corrected chi connectivity index (χ1v) is 9.30. The number of benzene rings is 1. The molecule has 5 rings (SSSR count). The molecular formula is C21H20N6. The molecule has 6 heteroatoms. The van der Waals surface area contributed by atoms with Crippen LogP contribution in [0.5, 0.6) is 0 Å². The highest BCUT2D eigenvalue weighted by Gasteiger charge is 2.24. The first-order chi connectivity index (χ1) is 13.4.